The highest BCUT2D eigenvalue weighted by atomic mass is 35.5. The van der Waals surface area contributed by atoms with E-state index >= 15 is 0 Å². The second-order valence-electron chi connectivity index (χ2n) is 2.81. The van der Waals surface area contributed by atoms with Gasteiger partial charge in [-0.2, -0.15) is 0 Å². The van der Waals surface area contributed by atoms with Crippen molar-refractivity contribution >= 4 is 29.1 Å². The maximum atomic E-state index is 11.4. The lowest BCUT2D eigenvalue weighted by Gasteiger charge is -2.03. The Morgan fingerprint density at radius 1 is 1.29 bits per heavy atom. The van der Waals surface area contributed by atoms with Crippen molar-refractivity contribution in [1.29, 1.82) is 0 Å². The van der Waals surface area contributed by atoms with Crippen LogP contribution in [0.1, 0.15) is 16.8 Å². The quantitative estimate of drug-likeness (QED) is 0.627. The van der Waals surface area contributed by atoms with E-state index in [9.17, 15) is 4.79 Å². The highest BCUT2D eigenvalue weighted by Crippen LogP contribution is 2.09. The van der Waals surface area contributed by atoms with Crippen molar-refractivity contribution in [1.82, 2.24) is 5.32 Å². The molecule has 4 heteroatoms. The predicted molar refractivity (Wildman–Crippen MR) is 59.1 cm³/mol. The molecular weight excluding hydrogens is 221 g/mol. The Kier molecular flexibility index (Phi) is 4.77. The number of halogens is 2. The number of nitrogens with one attached hydrogen (secondary N) is 1. The van der Waals surface area contributed by atoms with Gasteiger partial charge in [0.15, 0.2) is 0 Å². The zero-order valence-electron chi connectivity index (χ0n) is 7.59. The van der Waals surface area contributed by atoms with Crippen LogP contribution >= 0.6 is 23.2 Å². The van der Waals surface area contributed by atoms with Gasteiger partial charge in [-0.3, -0.25) is 4.79 Å². The highest BCUT2D eigenvalue weighted by molar-refractivity contribution is 6.30. The molecule has 0 aromatic heterocycles. The fourth-order valence-electron chi connectivity index (χ4n) is 0.972. The molecule has 2 nitrogen and oxygen atoms in total. The molecule has 1 rings (SSSR count). The Labute approximate surface area is 93.2 Å². The van der Waals surface area contributed by atoms with E-state index in [0.717, 1.165) is 6.42 Å². The third-order valence-electron chi connectivity index (χ3n) is 1.70. The summed E-state index contributed by atoms with van der Waals surface area (Å²) in [6.45, 7) is 0.602. The van der Waals surface area contributed by atoms with Crippen LogP contribution in [0.25, 0.3) is 0 Å². The lowest BCUT2D eigenvalue weighted by molar-refractivity contribution is 0.0954. The van der Waals surface area contributed by atoms with E-state index in [1.165, 1.54) is 0 Å². The van der Waals surface area contributed by atoms with Crippen molar-refractivity contribution in [3.05, 3.63) is 34.9 Å². The smallest absolute Gasteiger partial charge is 0.251 e. The summed E-state index contributed by atoms with van der Waals surface area (Å²) in [6, 6.07) is 6.77. The average Bonchev–Trinajstić information content (AvgIpc) is 2.19. The summed E-state index contributed by atoms with van der Waals surface area (Å²) in [5, 5.41) is 3.38. The second-order valence-corrected chi connectivity index (χ2v) is 3.62. The minimum Gasteiger partial charge on any atom is -0.352 e. The molecule has 0 aliphatic carbocycles. The largest absolute Gasteiger partial charge is 0.352 e. The number of rotatable bonds is 4. The molecule has 0 unspecified atom stereocenters. The van der Waals surface area contributed by atoms with Crippen LogP contribution in [0, 0.1) is 0 Å². The normalized spacial score (nSPS) is 9.86. The number of hydrogen-bond donors (Lipinski definition) is 1. The number of hydrogen-bond acceptors (Lipinski definition) is 1. The van der Waals surface area contributed by atoms with E-state index in [-0.39, 0.29) is 5.91 Å². The van der Waals surface area contributed by atoms with Crippen LogP contribution in [0.15, 0.2) is 24.3 Å². The molecule has 1 N–H and O–H groups in total. The Hall–Kier alpha value is -0.730. The van der Waals surface area contributed by atoms with Crippen LogP contribution < -0.4 is 5.32 Å². The highest BCUT2D eigenvalue weighted by Gasteiger charge is 2.03. The first-order valence-electron chi connectivity index (χ1n) is 4.34. The number of benzene rings is 1. The minimum absolute atomic E-state index is 0.0909. The topological polar surface area (TPSA) is 29.1 Å². The van der Waals surface area contributed by atoms with Crippen LogP contribution in [0.3, 0.4) is 0 Å². The Bertz CT molecular complexity index is 297. The van der Waals surface area contributed by atoms with Crippen LogP contribution in [0.4, 0.5) is 0 Å². The average molecular weight is 232 g/mol. The monoisotopic (exact) mass is 231 g/mol. The van der Waals surface area contributed by atoms with Crippen molar-refractivity contribution in [2.45, 2.75) is 6.42 Å². The lowest BCUT2D eigenvalue weighted by Crippen LogP contribution is -2.24. The third kappa shape index (κ3) is 3.56. The van der Waals surface area contributed by atoms with Gasteiger partial charge < -0.3 is 5.32 Å². The zero-order valence-corrected chi connectivity index (χ0v) is 9.11. The Morgan fingerprint density at radius 2 is 1.93 bits per heavy atom. The summed E-state index contributed by atoms with van der Waals surface area (Å²) in [7, 11) is 0. The summed E-state index contributed by atoms with van der Waals surface area (Å²) >= 11 is 11.2. The first-order chi connectivity index (χ1) is 6.74. The molecule has 14 heavy (non-hydrogen) atoms. The third-order valence-corrected chi connectivity index (χ3v) is 2.22. The zero-order chi connectivity index (χ0) is 10.4. The van der Waals surface area contributed by atoms with Gasteiger partial charge in [0.1, 0.15) is 0 Å². The van der Waals surface area contributed by atoms with Gasteiger partial charge in [0.25, 0.3) is 5.91 Å². The van der Waals surface area contributed by atoms with Crippen molar-refractivity contribution < 1.29 is 4.79 Å². The summed E-state index contributed by atoms with van der Waals surface area (Å²) in [4.78, 5) is 11.4. The number of amides is 1. The van der Waals surface area contributed by atoms with Gasteiger partial charge in [0.05, 0.1) is 0 Å². The molecule has 0 aliphatic heterocycles. The molecule has 1 aromatic rings. The van der Waals surface area contributed by atoms with E-state index < -0.39 is 0 Å². The standard InChI is InChI=1S/C10H11Cl2NO/c11-6-1-7-13-10(14)8-2-4-9(12)5-3-8/h2-5H,1,6-7H2,(H,13,14). The molecule has 1 aromatic carbocycles. The molecule has 0 spiro atoms. The minimum atomic E-state index is -0.0909. The van der Waals surface area contributed by atoms with Crippen molar-refractivity contribution in [3.8, 4) is 0 Å². The summed E-state index contributed by atoms with van der Waals surface area (Å²) in [5.41, 5.74) is 0.615. The van der Waals surface area contributed by atoms with Crippen molar-refractivity contribution in [2.24, 2.45) is 0 Å². The molecule has 76 valence electrons. The van der Waals surface area contributed by atoms with Gasteiger partial charge in [0.2, 0.25) is 0 Å². The molecule has 1 amide bonds. The summed E-state index contributed by atoms with van der Waals surface area (Å²) in [5.74, 6) is 0.466. The Morgan fingerprint density at radius 3 is 2.50 bits per heavy atom. The van der Waals surface area contributed by atoms with Crippen LogP contribution in [0.2, 0.25) is 5.02 Å². The number of carbonyl (C=O) groups is 1. The molecule has 0 atom stereocenters. The van der Waals surface area contributed by atoms with Crippen LogP contribution in [-0.4, -0.2) is 18.3 Å². The van der Waals surface area contributed by atoms with Crippen molar-refractivity contribution in [2.75, 3.05) is 12.4 Å². The maximum Gasteiger partial charge on any atom is 0.251 e. The van der Waals surface area contributed by atoms with Gasteiger partial charge in [-0.05, 0) is 30.7 Å². The lowest BCUT2D eigenvalue weighted by atomic mass is 10.2. The van der Waals surface area contributed by atoms with E-state index in [0.29, 0.717) is 23.0 Å². The molecule has 0 saturated heterocycles. The van der Waals surface area contributed by atoms with E-state index in [1.54, 1.807) is 24.3 Å². The first-order valence-corrected chi connectivity index (χ1v) is 5.25. The Balaban J connectivity index is 2.48. The second kappa shape index (κ2) is 5.89. The van der Waals surface area contributed by atoms with Gasteiger partial charge in [0, 0.05) is 23.0 Å². The fraction of sp³-hybridized carbons (Fsp3) is 0.300. The van der Waals surface area contributed by atoms with Crippen molar-refractivity contribution in [3.63, 3.8) is 0 Å². The van der Waals surface area contributed by atoms with E-state index in [4.69, 9.17) is 23.2 Å². The van der Waals surface area contributed by atoms with E-state index in [1.807, 2.05) is 0 Å². The SMILES string of the molecule is O=C(NCCCCl)c1ccc(Cl)cc1. The molecule has 0 aliphatic rings. The summed E-state index contributed by atoms with van der Waals surface area (Å²) in [6.07, 6.45) is 0.779. The molecule has 0 fully saturated rings. The molecule has 0 saturated carbocycles. The fourth-order valence-corrected chi connectivity index (χ4v) is 1.23. The van der Waals surface area contributed by atoms with Gasteiger partial charge in [-0.15, -0.1) is 11.6 Å². The summed E-state index contributed by atoms with van der Waals surface area (Å²) < 4.78 is 0. The van der Waals surface area contributed by atoms with Gasteiger partial charge in [-0.25, -0.2) is 0 Å². The van der Waals surface area contributed by atoms with Gasteiger partial charge >= 0.3 is 0 Å². The number of carbonyl (C=O) groups excluding carboxylic acids is 1. The molecule has 0 heterocycles. The van der Waals surface area contributed by atoms with Gasteiger partial charge in [-0.1, -0.05) is 11.6 Å². The molecule has 0 radical (unpaired) electrons. The van der Waals surface area contributed by atoms with Crippen LogP contribution in [-0.2, 0) is 0 Å². The van der Waals surface area contributed by atoms with Crippen LogP contribution in [0.5, 0.6) is 0 Å². The first kappa shape index (κ1) is 11.3. The molecular formula is C10H11Cl2NO. The molecule has 0 bridgehead atoms. The van der Waals surface area contributed by atoms with E-state index in [2.05, 4.69) is 5.32 Å². The predicted octanol–water partition coefficient (Wildman–Crippen LogP) is 2.70. The maximum absolute atomic E-state index is 11.4. The number of alkyl halides is 1.